The molecule has 2 heterocycles. The molecule has 0 atom stereocenters. The molecule has 5 rings (SSSR count). The molecule has 0 unspecified atom stereocenters. The van der Waals surface area contributed by atoms with Crippen LogP contribution in [0.25, 0.3) is 0 Å². The van der Waals surface area contributed by atoms with Crippen molar-refractivity contribution in [3.63, 3.8) is 0 Å². The third kappa shape index (κ3) is 5.82. The van der Waals surface area contributed by atoms with Crippen molar-refractivity contribution >= 4 is 23.8 Å². The number of hydrogen-bond donors (Lipinski definition) is 0. The van der Waals surface area contributed by atoms with Crippen LogP contribution in [0.15, 0.2) is 18.2 Å². The minimum atomic E-state index is 0. The maximum absolute atomic E-state index is 5.62. The van der Waals surface area contributed by atoms with Gasteiger partial charge >= 0.3 is 0 Å². The molecule has 2 saturated heterocycles. The van der Waals surface area contributed by atoms with Gasteiger partial charge in [0, 0.05) is 50.6 Å². The van der Waals surface area contributed by atoms with Gasteiger partial charge in [-0.2, -0.15) is 0 Å². The summed E-state index contributed by atoms with van der Waals surface area (Å²) in [6.07, 6.45) is 14.3. The van der Waals surface area contributed by atoms with E-state index in [-0.39, 0.29) is 12.4 Å². The number of hydrogen-bond acceptors (Lipinski definition) is 4. The van der Waals surface area contributed by atoms with Crippen LogP contribution in [-0.2, 0) is 4.74 Å². The quantitative estimate of drug-likeness (QED) is 0.495. The molecule has 33 heavy (non-hydrogen) atoms. The van der Waals surface area contributed by atoms with E-state index in [2.05, 4.69) is 39.8 Å². The fraction of sp³-hybridized carbons (Fsp3) is 0.786. The Morgan fingerprint density at radius 2 is 1.58 bits per heavy atom. The van der Waals surface area contributed by atoms with Gasteiger partial charge in [0.05, 0.1) is 13.2 Å². The van der Waals surface area contributed by atoms with E-state index in [0.717, 1.165) is 32.2 Å². The summed E-state index contributed by atoms with van der Waals surface area (Å²) in [4.78, 5) is 7.92. The van der Waals surface area contributed by atoms with Gasteiger partial charge in [-0.3, -0.25) is 4.90 Å². The molecule has 2 aliphatic carbocycles. The summed E-state index contributed by atoms with van der Waals surface area (Å²) in [5, 5.41) is 0. The molecule has 2 aliphatic heterocycles. The van der Waals surface area contributed by atoms with Crippen LogP contribution >= 0.6 is 12.4 Å². The molecule has 0 aromatic heterocycles. The molecular weight excluding hydrogens is 430 g/mol. The van der Waals surface area contributed by atoms with Crippen LogP contribution in [0.3, 0.4) is 0 Å². The van der Waals surface area contributed by atoms with Crippen molar-refractivity contribution < 1.29 is 4.74 Å². The fourth-order valence-electron chi connectivity index (χ4n) is 6.94. The number of rotatable bonds is 6. The number of ether oxygens (including phenoxy) is 1. The van der Waals surface area contributed by atoms with Gasteiger partial charge in [-0.05, 0) is 86.6 Å². The van der Waals surface area contributed by atoms with Crippen LogP contribution in [0.5, 0.6) is 0 Å². The molecule has 5 heteroatoms. The Bertz CT molecular complexity index is 727. The number of halogens is 1. The van der Waals surface area contributed by atoms with E-state index in [0.29, 0.717) is 5.41 Å². The maximum atomic E-state index is 5.62. The molecule has 0 N–H and O–H groups in total. The van der Waals surface area contributed by atoms with E-state index < -0.39 is 0 Å². The Morgan fingerprint density at radius 3 is 2.24 bits per heavy atom. The van der Waals surface area contributed by atoms with Crippen LogP contribution < -0.4 is 9.80 Å². The van der Waals surface area contributed by atoms with Crippen molar-refractivity contribution in [2.75, 3.05) is 68.8 Å². The van der Waals surface area contributed by atoms with Gasteiger partial charge in [0.15, 0.2) is 0 Å². The first kappa shape index (κ1) is 25.1. The molecule has 4 aliphatic rings. The predicted octanol–water partition coefficient (Wildman–Crippen LogP) is 6.09. The first-order valence-electron chi connectivity index (χ1n) is 13.7. The molecule has 4 nitrogen and oxygen atoms in total. The van der Waals surface area contributed by atoms with Crippen LogP contribution in [0.4, 0.5) is 11.4 Å². The van der Waals surface area contributed by atoms with Crippen molar-refractivity contribution in [3.8, 4) is 0 Å². The minimum absolute atomic E-state index is 0. The Balaban J connectivity index is 0.00000259. The van der Waals surface area contributed by atoms with Crippen molar-refractivity contribution in [3.05, 3.63) is 23.8 Å². The van der Waals surface area contributed by atoms with Gasteiger partial charge in [-0.15, -0.1) is 12.4 Å². The Labute approximate surface area is 208 Å². The number of morpholine rings is 1. The highest BCUT2D eigenvalue weighted by Gasteiger charge is 2.38. The SMILES string of the molecule is CCCCN1CCN(c2ccc(N3CCOCC3)cc2C2CCC3(CCCC3)CC2)CC1.Cl. The monoisotopic (exact) mass is 475 g/mol. The normalized spacial score (nSPS) is 24.3. The Morgan fingerprint density at radius 1 is 0.879 bits per heavy atom. The molecule has 0 amide bonds. The average Bonchev–Trinajstić information content (AvgIpc) is 3.31. The molecule has 186 valence electrons. The predicted molar refractivity (Wildman–Crippen MR) is 142 cm³/mol. The first-order chi connectivity index (χ1) is 15.8. The standard InChI is InChI=1S/C28H45N3O.ClH/c1-2-3-14-29-15-17-31(18-16-29)27-7-6-25(30-19-21-32-22-20-30)23-26(27)24-8-12-28(13-9-24)10-4-5-11-28;/h6-7,23-24H,2-5,8-22H2,1H3;1H. The minimum Gasteiger partial charge on any atom is -0.378 e. The topological polar surface area (TPSA) is 19.0 Å². The Hall–Kier alpha value is -0.970. The lowest BCUT2D eigenvalue weighted by molar-refractivity contribution is 0.122. The largest absolute Gasteiger partial charge is 0.378 e. The highest BCUT2D eigenvalue weighted by atomic mass is 35.5. The lowest BCUT2D eigenvalue weighted by atomic mass is 9.68. The lowest BCUT2D eigenvalue weighted by Gasteiger charge is -2.41. The van der Waals surface area contributed by atoms with Crippen LogP contribution in [0.1, 0.15) is 82.6 Å². The Kier molecular flexibility index (Phi) is 8.87. The van der Waals surface area contributed by atoms with Crippen LogP contribution in [0.2, 0.25) is 0 Å². The van der Waals surface area contributed by atoms with Crippen molar-refractivity contribution in [1.82, 2.24) is 4.90 Å². The number of piperazine rings is 1. The van der Waals surface area contributed by atoms with Gasteiger partial charge in [-0.1, -0.05) is 26.2 Å². The first-order valence-corrected chi connectivity index (χ1v) is 13.7. The molecule has 1 aromatic rings. The molecule has 0 radical (unpaired) electrons. The van der Waals surface area contributed by atoms with Gasteiger partial charge in [0.25, 0.3) is 0 Å². The molecule has 1 aromatic carbocycles. The summed E-state index contributed by atoms with van der Waals surface area (Å²) in [5.74, 6) is 0.746. The highest BCUT2D eigenvalue weighted by molar-refractivity contribution is 5.85. The zero-order valence-corrected chi connectivity index (χ0v) is 21.7. The van der Waals surface area contributed by atoms with Crippen molar-refractivity contribution in [2.24, 2.45) is 5.41 Å². The van der Waals surface area contributed by atoms with Crippen LogP contribution in [-0.4, -0.2) is 63.9 Å². The smallest absolute Gasteiger partial charge is 0.0642 e. The third-order valence-electron chi connectivity index (χ3n) is 9.08. The molecule has 0 bridgehead atoms. The van der Waals surface area contributed by atoms with E-state index in [1.54, 1.807) is 11.3 Å². The third-order valence-corrected chi connectivity index (χ3v) is 9.08. The van der Waals surface area contributed by atoms with E-state index >= 15 is 0 Å². The summed E-state index contributed by atoms with van der Waals surface area (Å²) >= 11 is 0. The average molecular weight is 476 g/mol. The second kappa shape index (κ2) is 11.6. The lowest BCUT2D eigenvalue weighted by Crippen LogP contribution is -2.47. The summed E-state index contributed by atoms with van der Waals surface area (Å²) in [5.41, 5.74) is 5.34. The summed E-state index contributed by atoms with van der Waals surface area (Å²) in [6.45, 7) is 12.2. The van der Waals surface area contributed by atoms with Crippen molar-refractivity contribution in [1.29, 1.82) is 0 Å². The number of nitrogens with zero attached hydrogens (tertiary/aromatic N) is 3. The summed E-state index contributed by atoms with van der Waals surface area (Å²) in [6, 6.07) is 7.46. The zero-order chi connectivity index (χ0) is 21.8. The highest BCUT2D eigenvalue weighted by Crippen LogP contribution is 2.53. The molecule has 4 fully saturated rings. The fourth-order valence-corrected chi connectivity index (χ4v) is 6.94. The van der Waals surface area contributed by atoms with Crippen molar-refractivity contribution in [2.45, 2.75) is 77.0 Å². The molecular formula is C28H46ClN3O. The molecule has 2 saturated carbocycles. The second-order valence-corrected chi connectivity index (χ2v) is 11.0. The zero-order valence-electron chi connectivity index (χ0n) is 20.9. The summed E-state index contributed by atoms with van der Waals surface area (Å²) < 4.78 is 5.62. The summed E-state index contributed by atoms with van der Waals surface area (Å²) in [7, 11) is 0. The van der Waals surface area contributed by atoms with Gasteiger partial charge < -0.3 is 14.5 Å². The number of benzene rings is 1. The van der Waals surface area contributed by atoms with Gasteiger partial charge in [0.1, 0.15) is 0 Å². The van der Waals surface area contributed by atoms with E-state index in [9.17, 15) is 0 Å². The molecule has 1 spiro atoms. The maximum Gasteiger partial charge on any atom is 0.0642 e. The van der Waals surface area contributed by atoms with Crippen LogP contribution in [0, 0.1) is 5.41 Å². The van der Waals surface area contributed by atoms with E-state index in [4.69, 9.17) is 4.74 Å². The van der Waals surface area contributed by atoms with Gasteiger partial charge in [0.2, 0.25) is 0 Å². The van der Waals surface area contributed by atoms with E-state index in [1.807, 2.05) is 0 Å². The van der Waals surface area contributed by atoms with Gasteiger partial charge in [-0.25, -0.2) is 0 Å². The van der Waals surface area contributed by atoms with E-state index in [1.165, 1.54) is 103 Å². The number of unbranched alkanes of at least 4 members (excludes halogenated alkanes) is 1. The second-order valence-electron chi connectivity index (χ2n) is 11.0. The number of anilines is 2.